The van der Waals surface area contributed by atoms with Crippen molar-refractivity contribution in [1.29, 1.82) is 0 Å². The van der Waals surface area contributed by atoms with Crippen molar-refractivity contribution in [2.45, 2.75) is 0 Å². The Kier molecular flexibility index (Phi) is 2.26. The molecule has 0 heterocycles. The third-order valence-electron chi connectivity index (χ3n) is 1.89. The van der Waals surface area contributed by atoms with E-state index in [1.807, 2.05) is 0 Å². The number of benzene rings is 2. The molecular formula is C10H5BrClF. The van der Waals surface area contributed by atoms with E-state index in [-0.39, 0.29) is 5.82 Å². The van der Waals surface area contributed by atoms with Gasteiger partial charge in [-0.2, -0.15) is 0 Å². The van der Waals surface area contributed by atoms with Gasteiger partial charge >= 0.3 is 0 Å². The Morgan fingerprint density at radius 1 is 1.15 bits per heavy atom. The van der Waals surface area contributed by atoms with Crippen LogP contribution in [-0.4, -0.2) is 0 Å². The molecular weight excluding hydrogens is 254 g/mol. The van der Waals surface area contributed by atoms with Gasteiger partial charge in [0.2, 0.25) is 0 Å². The van der Waals surface area contributed by atoms with Gasteiger partial charge in [-0.15, -0.1) is 0 Å². The third-order valence-corrected chi connectivity index (χ3v) is 2.86. The van der Waals surface area contributed by atoms with Gasteiger partial charge in [0, 0.05) is 20.3 Å². The van der Waals surface area contributed by atoms with Gasteiger partial charge in [0.15, 0.2) is 0 Å². The maximum atomic E-state index is 13.3. The number of fused-ring (bicyclic) bond motifs is 1. The van der Waals surface area contributed by atoms with Gasteiger partial charge in [0.05, 0.1) is 0 Å². The predicted molar refractivity (Wildman–Crippen MR) is 56.6 cm³/mol. The summed E-state index contributed by atoms with van der Waals surface area (Å²) < 4.78 is 14.1. The first-order valence-corrected chi connectivity index (χ1v) is 4.89. The lowest BCUT2D eigenvalue weighted by atomic mass is 10.1. The van der Waals surface area contributed by atoms with Crippen LogP contribution in [0.1, 0.15) is 0 Å². The van der Waals surface area contributed by atoms with Crippen molar-refractivity contribution in [3.63, 3.8) is 0 Å². The van der Waals surface area contributed by atoms with Gasteiger partial charge in [-0.05, 0) is 18.2 Å². The molecule has 0 radical (unpaired) electrons. The van der Waals surface area contributed by atoms with E-state index < -0.39 is 0 Å². The standard InChI is InChI=1S/C10H5BrClF/c11-7-4-5-9(13)6-2-1-3-8(12)10(6)7/h1-5H. The van der Waals surface area contributed by atoms with Crippen LogP contribution in [0, 0.1) is 5.82 Å². The fourth-order valence-corrected chi connectivity index (χ4v) is 2.24. The summed E-state index contributed by atoms with van der Waals surface area (Å²) in [5.41, 5.74) is 0. The topological polar surface area (TPSA) is 0 Å². The van der Waals surface area contributed by atoms with Crippen LogP contribution >= 0.6 is 27.5 Å². The van der Waals surface area contributed by atoms with Crippen molar-refractivity contribution < 1.29 is 4.39 Å². The van der Waals surface area contributed by atoms with E-state index >= 15 is 0 Å². The van der Waals surface area contributed by atoms with Gasteiger partial charge in [-0.25, -0.2) is 4.39 Å². The molecule has 2 aromatic carbocycles. The van der Waals surface area contributed by atoms with E-state index in [1.165, 1.54) is 6.07 Å². The first kappa shape index (κ1) is 8.97. The number of hydrogen-bond donors (Lipinski definition) is 0. The largest absolute Gasteiger partial charge is 0.206 e. The maximum Gasteiger partial charge on any atom is 0.131 e. The SMILES string of the molecule is Fc1ccc(Br)c2c(Cl)cccc12. The molecule has 0 saturated heterocycles. The maximum absolute atomic E-state index is 13.3. The van der Waals surface area contributed by atoms with Crippen LogP contribution in [0.25, 0.3) is 10.8 Å². The molecule has 0 aromatic heterocycles. The van der Waals surface area contributed by atoms with Crippen molar-refractivity contribution >= 4 is 38.3 Å². The molecule has 13 heavy (non-hydrogen) atoms. The number of halogens is 3. The van der Waals surface area contributed by atoms with Gasteiger partial charge in [0.1, 0.15) is 5.82 Å². The van der Waals surface area contributed by atoms with Crippen LogP contribution < -0.4 is 0 Å². The van der Waals surface area contributed by atoms with Crippen molar-refractivity contribution in [2.24, 2.45) is 0 Å². The minimum absolute atomic E-state index is 0.249. The van der Waals surface area contributed by atoms with E-state index in [4.69, 9.17) is 11.6 Å². The zero-order chi connectivity index (χ0) is 9.42. The van der Waals surface area contributed by atoms with Crippen LogP contribution in [0.3, 0.4) is 0 Å². The lowest BCUT2D eigenvalue weighted by molar-refractivity contribution is 0.639. The molecule has 2 aromatic rings. The highest BCUT2D eigenvalue weighted by Crippen LogP contribution is 2.31. The molecule has 0 aliphatic heterocycles. The van der Waals surface area contributed by atoms with Crippen LogP contribution in [-0.2, 0) is 0 Å². The van der Waals surface area contributed by atoms with E-state index in [1.54, 1.807) is 24.3 Å². The van der Waals surface area contributed by atoms with E-state index in [0.717, 1.165) is 9.86 Å². The highest BCUT2D eigenvalue weighted by atomic mass is 79.9. The normalized spacial score (nSPS) is 10.7. The Hall–Kier alpha value is -0.600. The molecule has 0 bridgehead atoms. The minimum atomic E-state index is -0.249. The fourth-order valence-electron chi connectivity index (χ4n) is 1.29. The highest BCUT2D eigenvalue weighted by molar-refractivity contribution is 9.10. The van der Waals surface area contributed by atoms with Crippen LogP contribution in [0.2, 0.25) is 5.02 Å². The second kappa shape index (κ2) is 3.28. The quantitative estimate of drug-likeness (QED) is 0.658. The highest BCUT2D eigenvalue weighted by Gasteiger charge is 2.06. The average molecular weight is 260 g/mol. The summed E-state index contributed by atoms with van der Waals surface area (Å²) in [6.45, 7) is 0. The average Bonchev–Trinajstić information content (AvgIpc) is 2.12. The lowest BCUT2D eigenvalue weighted by Crippen LogP contribution is -1.81. The number of rotatable bonds is 0. The molecule has 0 spiro atoms. The van der Waals surface area contributed by atoms with Gasteiger partial charge in [-0.1, -0.05) is 39.7 Å². The summed E-state index contributed by atoms with van der Waals surface area (Å²) in [5, 5.41) is 1.83. The van der Waals surface area contributed by atoms with Gasteiger partial charge in [-0.3, -0.25) is 0 Å². The van der Waals surface area contributed by atoms with Crippen LogP contribution in [0.5, 0.6) is 0 Å². The third kappa shape index (κ3) is 1.45. The van der Waals surface area contributed by atoms with Crippen molar-refractivity contribution in [2.75, 3.05) is 0 Å². The second-order valence-corrected chi connectivity index (χ2v) is 3.95. The van der Waals surface area contributed by atoms with Crippen molar-refractivity contribution in [3.8, 4) is 0 Å². The van der Waals surface area contributed by atoms with Gasteiger partial charge in [0.25, 0.3) is 0 Å². The Morgan fingerprint density at radius 2 is 1.92 bits per heavy atom. The van der Waals surface area contributed by atoms with E-state index in [2.05, 4.69) is 15.9 Å². The Labute approximate surface area is 88.4 Å². The molecule has 2 rings (SSSR count). The monoisotopic (exact) mass is 258 g/mol. The molecule has 0 aliphatic carbocycles. The molecule has 0 nitrogen and oxygen atoms in total. The van der Waals surface area contributed by atoms with Crippen LogP contribution in [0.15, 0.2) is 34.8 Å². The summed E-state index contributed by atoms with van der Waals surface area (Å²) in [4.78, 5) is 0. The predicted octanol–water partition coefficient (Wildman–Crippen LogP) is 4.39. The summed E-state index contributed by atoms with van der Waals surface area (Å²) in [6, 6.07) is 8.27. The Balaban J connectivity index is 3.00. The minimum Gasteiger partial charge on any atom is -0.206 e. The summed E-state index contributed by atoms with van der Waals surface area (Å²) in [7, 11) is 0. The lowest BCUT2D eigenvalue weighted by Gasteiger charge is -2.03. The zero-order valence-electron chi connectivity index (χ0n) is 6.52. The van der Waals surface area contributed by atoms with Crippen LogP contribution in [0.4, 0.5) is 4.39 Å². The molecule has 3 heteroatoms. The first-order chi connectivity index (χ1) is 6.20. The van der Waals surface area contributed by atoms with Crippen molar-refractivity contribution in [3.05, 3.63) is 45.6 Å². The fraction of sp³-hybridized carbons (Fsp3) is 0. The smallest absolute Gasteiger partial charge is 0.131 e. The molecule has 0 amide bonds. The zero-order valence-corrected chi connectivity index (χ0v) is 8.86. The molecule has 66 valence electrons. The second-order valence-electron chi connectivity index (χ2n) is 2.69. The van der Waals surface area contributed by atoms with E-state index in [0.29, 0.717) is 10.4 Å². The molecule has 0 atom stereocenters. The van der Waals surface area contributed by atoms with Gasteiger partial charge < -0.3 is 0 Å². The summed E-state index contributed by atoms with van der Waals surface area (Å²) >= 11 is 9.27. The van der Waals surface area contributed by atoms with E-state index in [9.17, 15) is 4.39 Å². The summed E-state index contributed by atoms with van der Waals surface area (Å²) in [5.74, 6) is -0.249. The molecule has 0 unspecified atom stereocenters. The molecule has 0 fully saturated rings. The number of hydrogen-bond acceptors (Lipinski definition) is 0. The molecule has 0 aliphatic rings. The molecule has 0 N–H and O–H groups in total. The van der Waals surface area contributed by atoms with Crippen molar-refractivity contribution in [1.82, 2.24) is 0 Å². The first-order valence-electron chi connectivity index (χ1n) is 3.72. The molecule has 0 saturated carbocycles. The Morgan fingerprint density at radius 3 is 2.62 bits per heavy atom. The Bertz CT molecular complexity index is 459. The summed E-state index contributed by atoms with van der Waals surface area (Å²) in [6.07, 6.45) is 0.